The molecule has 0 atom stereocenters. The number of aromatic nitrogens is 2. The van der Waals surface area contributed by atoms with Gasteiger partial charge >= 0.3 is 0 Å². The molecule has 0 radical (unpaired) electrons. The lowest BCUT2D eigenvalue weighted by molar-refractivity contribution is 0.0123. The van der Waals surface area contributed by atoms with Gasteiger partial charge in [0, 0.05) is 25.0 Å². The van der Waals surface area contributed by atoms with E-state index in [9.17, 15) is 9.90 Å². The molecular formula is C21H23N3O3. The van der Waals surface area contributed by atoms with E-state index in [-0.39, 0.29) is 12.5 Å². The lowest BCUT2D eigenvalue weighted by Crippen LogP contribution is -2.54. The van der Waals surface area contributed by atoms with Crippen LogP contribution in [0.5, 0.6) is 0 Å². The molecular weight excluding hydrogens is 342 g/mol. The first-order chi connectivity index (χ1) is 13.1. The maximum atomic E-state index is 13.0. The van der Waals surface area contributed by atoms with Gasteiger partial charge in [-0.1, -0.05) is 35.9 Å². The standard InChI is InChI=1S/C21H23N3O3/c1-15-5-7-16(8-6-15)18-17-4-2-3-11-24(17)19(22-18)20(26)23-21(14-25)9-12-27-13-10-21/h2-8,11,25H,9-10,12-14H2,1H3,(H,23,26). The van der Waals surface area contributed by atoms with Gasteiger partial charge < -0.3 is 15.2 Å². The Bertz CT molecular complexity index is 956. The summed E-state index contributed by atoms with van der Waals surface area (Å²) in [6, 6.07) is 13.9. The van der Waals surface area contributed by atoms with Gasteiger partial charge in [0.1, 0.15) is 0 Å². The SMILES string of the molecule is Cc1ccc(-c2nc(C(=O)NC3(CO)CCOCC3)n3ccccc23)cc1. The number of pyridine rings is 1. The predicted molar refractivity (Wildman–Crippen MR) is 103 cm³/mol. The van der Waals surface area contributed by atoms with Crippen molar-refractivity contribution in [1.82, 2.24) is 14.7 Å². The molecule has 0 unspecified atom stereocenters. The number of carbonyl (C=O) groups is 1. The molecule has 6 nitrogen and oxygen atoms in total. The minimum Gasteiger partial charge on any atom is -0.394 e. The number of aliphatic hydroxyl groups excluding tert-OH is 1. The zero-order valence-corrected chi connectivity index (χ0v) is 15.3. The van der Waals surface area contributed by atoms with Gasteiger partial charge in [-0.3, -0.25) is 9.20 Å². The van der Waals surface area contributed by atoms with Gasteiger partial charge in [-0.25, -0.2) is 4.98 Å². The van der Waals surface area contributed by atoms with Crippen LogP contribution in [0.15, 0.2) is 48.7 Å². The molecule has 1 saturated heterocycles. The Labute approximate surface area is 157 Å². The number of carbonyl (C=O) groups excluding carboxylic acids is 1. The molecule has 140 valence electrons. The van der Waals surface area contributed by atoms with Gasteiger partial charge in [0.25, 0.3) is 5.91 Å². The quantitative estimate of drug-likeness (QED) is 0.745. The van der Waals surface area contributed by atoms with E-state index in [2.05, 4.69) is 10.3 Å². The molecule has 2 N–H and O–H groups in total. The first-order valence-corrected chi connectivity index (χ1v) is 9.17. The minimum atomic E-state index is -0.653. The van der Waals surface area contributed by atoms with Crippen LogP contribution in [0.3, 0.4) is 0 Å². The largest absolute Gasteiger partial charge is 0.394 e. The van der Waals surface area contributed by atoms with Crippen molar-refractivity contribution in [3.05, 3.63) is 60.0 Å². The Morgan fingerprint density at radius 2 is 1.96 bits per heavy atom. The molecule has 1 amide bonds. The first kappa shape index (κ1) is 17.7. The van der Waals surface area contributed by atoms with Gasteiger partial charge in [-0.05, 0) is 31.9 Å². The van der Waals surface area contributed by atoms with Crippen LogP contribution in [-0.4, -0.2) is 45.8 Å². The number of imidazole rings is 1. The molecule has 3 aromatic rings. The summed E-state index contributed by atoms with van der Waals surface area (Å²) in [5.41, 5.74) is 3.12. The fourth-order valence-corrected chi connectivity index (χ4v) is 3.50. The molecule has 1 aromatic carbocycles. The molecule has 1 aliphatic rings. The number of nitrogens with one attached hydrogen (secondary N) is 1. The maximum absolute atomic E-state index is 13.0. The van der Waals surface area contributed by atoms with E-state index in [1.54, 1.807) is 4.40 Å². The minimum absolute atomic E-state index is 0.115. The number of rotatable bonds is 4. The molecule has 27 heavy (non-hydrogen) atoms. The lowest BCUT2D eigenvalue weighted by Gasteiger charge is -2.36. The smallest absolute Gasteiger partial charge is 0.288 e. The Balaban J connectivity index is 1.73. The molecule has 3 heterocycles. The van der Waals surface area contributed by atoms with Crippen molar-refractivity contribution in [2.75, 3.05) is 19.8 Å². The number of nitrogens with zero attached hydrogens (tertiary/aromatic N) is 2. The van der Waals surface area contributed by atoms with E-state index in [4.69, 9.17) is 4.74 Å². The van der Waals surface area contributed by atoms with Gasteiger partial charge in [0.05, 0.1) is 23.4 Å². The summed E-state index contributed by atoms with van der Waals surface area (Å²) in [6.07, 6.45) is 3.01. The van der Waals surface area contributed by atoms with Crippen LogP contribution in [0.1, 0.15) is 29.0 Å². The van der Waals surface area contributed by atoms with Crippen molar-refractivity contribution < 1.29 is 14.6 Å². The highest BCUT2D eigenvalue weighted by molar-refractivity contribution is 5.95. The Kier molecular flexibility index (Phi) is 4.68. The Morgan fingerprint density at radius 1 is 1.22 bits per heavy atom. The van der Waals surface area contributed by atoms with Crippen molar-refractivity contribution in [2.45, 2.75) is 25.3 Å². The summed E-state index contributed by atoms with van der Waals surface area (Å²) in [5, 5.41) is 12.9. The van der Waals surface area contributed by atoms with Gasteiger partial charge in [-0.2, -0.15) is 0 Å². The average molecular weight is 365 g/mol. The summed E-state index contributed by atoms with van der Waals surface area (Å²) in [6.45, 7) is 2.97. The number of benzene rings is 1. The topological polar surface area (TPSA) is 75.9 Å². The summed E-state index contributed by atoms with van der Waals surface area (Å²) >= 11 is 0. The van der Waals surface area contributed by atoms with Gasteiger partial charge in [0.2, 0.25) is 5.82 Å². The maximum Gasteiger partial charge on any atom is 0.288 e. The normalized spacial score (nSPS) is 16.4. The fraction of sp³-hybridized carbons (Fsp3) is 0.333. The van der Waals surface area contributed by atoms with Gasteiger partial charge in [0.15, 0.2) is 0 Å². The molecule has 4 rings (SSSR count). The highest BCUT2D eigenvalue weighted by Crippen LogP contribution is 2.26. The molecule has 0 bridgehead atoms. The Morgan fingerprint density at radius 3 is 2.67 bits per heavy atom. The monoisotopic (exact) mass is 365 g/mol. The molecule has 6 heteroatoms. The van der Waals surface area contributed by atoms with Crippen molar-refractivity contribution in [3.8, 4) is 11.3 Å². The van der Waals surface area contributed by atoms with Crippen LogP contribution in [0, 0.1) is 6.92 Å². The van der Waals surface area contributed by atoms with Crippen molar-refractivity contribution in [3.63, 3.8) is 0 Å². The average Bonchev–Trinajstić information content (AvgIpc) is 3.09. The highest BCUT2D eigenvalue weighted by atomic mass is 16.5. The molecule has 2 aromatic heterocycles. The third-order valence-electron chi connectivity index (χ3n) is 5.21. The van der Waals surface area contributed by atoms with Crippen LogP contribution >= 0.6 is 0 Å². The highest BCUT2D eigenvalue weighted by Gasteiger charge is 2.35. The number of hydrogen-bond donors (Lipinski definition) is 2. The molecule has 0 saturated carbocycles. The number of aryl methyl sites for hydroxylation is 1. The lowest BCUT2D eigenvalue weighted by atomic mass is 9.91. The van der Waals surface area contributed by atoms with Crippen LogP contribution in [0.25, 0.3) is 16.8 Å². The Hall–Kier alpha value is -2.70. The van der Waals surface area contributed by atoms with E-state index in [0.717, 1.165) is 16.8 Å². The fourth-order valence-electron chi connectivity index (χ4n) is 3.50. The number of aliphatic hydroxyl groups is 1. The number of hydrogen-bond acceptors (Lipinski definition) is 4. The summed E-state index contributed by atoms with van der Waals surface area (Å²) in [4.78, 5) is 17.7. The van der Waals surface area contributed by atoms with E-state index in [1.165, 1.54) is 5.56 Å². The summed E-state index contributed by atoms with van der Waals surface area (Å²) in [5.74, 6) is 0.0333. The van der Waals surface area contributed by atoms with Crippen LogP contribution in [-0.2, 0) is 4.74 Å². The predicted octanol–water partition coefficient (Wildman–Crippen LogP) is 2.58. The molecule has 0 spiro atoms. The van der Waals surface area contributed by atoms with E-state index < -0.39 is 5.54 Å². The zero-order chi connectivity index (χ0) is 18.9. The van der Waals surface area contributed by atoms with Crippen molar-refractivity contribution in [2.24, 2.45) is 0 Å². The third-order valence-corrected chi connectivity index (χ3v) is 5.21. The number of fused-ring (bicyclic) bond motifs is 1. The first-order valence-electron chi connectivity index (χ1n) is 9.17. The summed E-state index contributed by atoms with van der Waals surface area (Å²) in [7, 11) is 0. The van der Waals surface area contributed by atoms with Crippen molar-refractivity contribution in [1.29, 1.82) is 0 Å². The van der Waals surface area contributed by atoms with E-state index >= 15 is 0 Å². The van der Waals surface area contributed by atoms with Crippen LogP contribution in [0.2, 0.25) is 0 Å². The molecule has 1 fully saturated rings. The summed E-state index contributed by atoms with van der Waals surface area (Å²) < 4.78 is 7.17. The van der Waals surface area contributed by atoms with Crippen LogP contribution < -0.4 is 5.32 Å². The zero-order valence-electron chi connectivity index (χ0n) is 15.3. The molecule has 0 aliphatic carbocycles. The van der Waals surface area contributed by atoms with Crippen molar-refractivity contribution >= 4 is 11.4 Å². The van der Waals surface area contributed by atoms with Gasteiger partial charge in [-0.15, -0.1) is 0 Å². The van der Waals surface area contributed by atoms with E-state index in [1.807, 2.05) is 55.6 Å². The third kappa shape index (κ3) is 3.34. The van der Waals surface area contributed by atoms with E-state index in [0.29, 0.717) is 31.9 Å². The number of amides is 1. The second-order valence-electron chi connectivity index (χ2n) is 7.11. The number of ether oxygens (including phenoxy) is 1. The van der Waals surface area contributed by atoms with Crippen LogP contribution in [0.4, 0.5) is 0 Å². The second-order valence-corrected chi connectivity index (χ2v) is 7.11. The molecule has 1 aliphatic heterocycles. The second kappa shape index (κ2) is 7.13.